The number of aromatic nitrogens is 2. The lowest BCUT2D eigenvalue weighted by Gasteiger charge is -2.18. The number of methoxy groups -OCH3 is 1. The van der Waals surface area contributed by atoms with Gasteiger partial charge in [-0.1, -0.05) is 30.0 Å². The molecular formula is C25H20F3N3O3S. The van der Waals surface area contributed by atoms with Crippen LogP contribution in [0.2, 0.25) is 0 Å². The van der Waals surface area contributed by atoms with Crippen molar-refractivity contribution in [2.24, 2.45) is 0 Å². The number of thioether (sulfide) groups is 1. The Morgan fingerprint density at radius 3 is 2.54 bits per heavy atom. The molecule has 0 N–H and O–H groups in total. The summed E-state index contributed by atoms with van der Waals surface area (Å²) >= 11 is 0.946. The van der Waals surface area contributed by atoms with Crippen molar-refractivity contribution in [3.05, 3.63) is 94.0 Å². The number of carbonyl (C=O) groups is 1. The molecule has 4 rings (SSSR count). The number of hydrogen-bond acceptors (Lipinski definition) is 5. The van der Waals surface area contributed by atoms with Crippen molar-refractivity contribution in [3.63, 3.8) is 0 Å². The number of rotatable bonds is 7. The summed E-state index contributed by atoms with van der Waals surface area (Å²) in [4.78, 5) is 31.8. The Morgan fingerprint density at radius 1 is 1.06 bits per heavy atom. The molecule has 0 saturated carbocycles. The Morgan fingerprint density at radius 2 is 1.83 bits per heavy atom. The Balaban J connectivity index is 1.61. The number of para-hydroxylation sites is 1. The first-order chi connectivity index (χ1) is 16.8. The third-order valence-corrected chi connectivity index (χ3v) is 6.21. The molecule has 0 spiro atoms. The van der Waals surface area contributed by atoms with Gasteiger partial charge in [-0.2, -0.15) is 0 Å². The van der Waals surface area contributed by atoms with E-state index in [2.05, 4.69) is 4.98 Å². The van der Waals surface area contributed by atoms with Crippen LogP contribution in [0, 0.1) is 17.5 Å². The average Bonchev–Trinajstić information content (AvgIpc) is 2.83. The highest BCUT2D eigenvalue weighted by Crippen LogP contribution is 2.24. The smallest absolute Gasteiger partial charge is 0.266 e. The number of carbonyl (C=O) groups excluding carboxylic acids is 1. The molecule has 10 heteroatoms. The maximum atomic E-state index is 14.6. The minimum Gasteiger partial charge on any atom is -0.494 e. The summed E-state index contributed by atoms with van der Waals surface area (Å²) in [6, 6.07) is 13.9. The maximum absolute atomic E-state index is 14.6. The fraction of sp³-hybridized carbons (Fsp3) is 0.160. The summed E-state index contributed by atoms with van der Waals surface area (Å²) in [6.45, 7) is 0.144. The molecule has 0 radical (unpaired) electrons. The van der Waals surface area contributed by atoms with E-state index in [0.29, 0.717) is 17.1 Å². The molecule has 0 aliphatic rings. The molecule has 4 aromatic rings. The number of amides is 1. The van der Waals surface area contributed by atoms with E-state index in [0.717, 1.165) is 28.5 Å². The number of nitrogens with zero attached hydrogens (tertiary/aromatic N) is 3. The van der Waals surface area contributed by atoms with Crippen LogP contribution in [-0.4, -0.2) is 40.3 Å². The lowest BCUT2D eigenvalue weighted by Crippen LogP contribution is -2.28. The van der Waals surface area contributed by atoms with Gasteiger partial charge in [0.05, 0.1) is 29.5 Å². The zero-order chi connectivity index (χ0) is 25.1. The van der Waals surface area contributed by atoms with E-state index in [-0.39, 0.29) is 40.2 Å². The molecular weight excluding hydrogens is 479 g/mol. The van der Waals surface area contributed by atoms with Crippen LogP contribution in [0.15, 0.2) is 70.6 Å². The summed E-state index contributed by atoms with van der Waals surface area (Å²) in [5.41, 5.74) is 0.233. The molecule has 0 fully saturated rings. The van der Waals surface area contributed by atoms with Gasteiger partial charge in [0.15, 0.2) is 16.7 Å². The van der Waals surface area contributed by atoms with Gasteiger partial charge < -0.3 is 9.64 Å². The SMILES string of the molecule is COc1ccc(CN(C)C(=O)CSc2nc3ccccc3c(=O)n2-c2ccc(F)cc2F)cc1F. The van der Waals surface area contributed by atoms with Crippen LogP contribution in [0.25, 0.3) is 16.6 Å². The molecule has 3 aromatic carbocycles. The molecule has 0 bridgehead atoms. The van der Waals surface area contributed by atoms with Gasteiger partial charge in [0.25, 0.3) is 5.56 Å². The molecule has 1 aromatic heterocycles. The molecule has 0 aliphatic carbocycles. The van der Waals surface area contributed by atoms with E-state index in [4.69, 9.17) is 4.74 Å². The lowest BCUT2D eigenvalue weighted by molar-refractivity contribution is -0.127. The first-order valence-electron chi connectivity index (χ1n) is 10.4. The predicted octanol–water partition coefficient (Wildman–Crippen LogP) is 4.56. The third-order valence-electron chi connectivity index (χ3n) is 5.28. The van der Waals surface area contributed by atoms with Gasteiger partial charge in [0.2, 0.25) is 5.91 Å². The van der Waals surface area contributed by atoms with Crippen molar-refractivity contribution in [1.29, 1.82) is 0 Å². The van der Waals surface area contributed by atoms with Crippen LogP contribution in [-0.2, 0) is 11.3 Å². The normalized spacial score (nSPS) is 11.0. The average molecular weight is 500 g/mol. The molecule has 1 amide bonds. The van der Waals surface area contributed by atoms with Crippen LogP contribution in [0.4, 0.5) is 13.2 Å². The summed E-state index contributed by atoms with van der Waals surface area (Å²) in [5.74, 6) is -2.59. The fourth-order valence-electron chi connectivity index (χ4n) is 3.49. The van der Waals surface area contributed by atoms with Crippen LogP contribution >= 0.6 is 11.8 Å². The van der Waals surface area contributed by atoms with Crippen LogP contribution in [0.1, 0.15) is 5.56 Å². The molecule has 0 unspecified atom stereocenters. The van der Waals surface area contributed by atoms with E-state index in [1.54, 1.807) is 37.4 Å². The highest BCUT2D eigenvalue weighted by atomic mass is 32.2. The predicted molar refractivity (Wildman–Crippen MR) is 127 cm³/mol. The first kappa shape index (κ1) is 24.3. The standard InChI is InChI=1S/C25H20F3N3O3S/c1-30(13-15-7-10-22(34-2)19(28)11-15)23(32)14-35-25-29-20-6-4-3-5-17(20)24(33)31(25)21-9-8-16(26)12-18(21)27/h3-12H,13-14H2,1-2H3. The number of halogens is 3. The number of fused-ring (bicyclic) bond motifs is 1. The van der Waals surface area contributed by atoms with Gasteiger partial charge in [0, 0.05) is 19.7 Å². The monoisotopic (exact) mass is 499 g/mol. The second kappa shape index (κ2) is 10.2. The Kier molecular flexibility index (Phi) is 7.11. The van der Waals surface area contributed by atoms with E-state index in [1.165, 1.54) is 24.1 Å². The quantitative estimate of drug-likeness (QED) is 0.276. The minimum absolute atomic E-state index is 0.0800. The molecule has 0 saturated heterocycles. The lowest BCUT2D eigenvalue weighted by atomic mass is 10.2. The van der Waals surface area contributed by atoms with Gasteiger partial charge in [-0.15, -0.1) is 0 Å². The van der Waals surface area contributed by atoms with E-state index >= 15 is 0 Å². The summed E-state index contributed by atoms with van der Waals surface area (Å²) in [7, 11) is 2.93. The highest BCUT2D eigenvalue weighted by molar-refractivity contribution is 7.99. The van der Waals surface area contributed by atoms with E-state index in [9.17, 15) is 22.8 Å². The van der Waals surface area contributed by atoms with Crippen LogP contribution in [0.3, 0.4) is 0 Å². The van der Waals surface area contributed by atoms with Gasteiger partial charge >= 0.3 is 0 Å². The van der Waals surface area contributed by atoms with Crippen LogP contribution < -0.4 is 10.3 Å². The van der Waals surface area contributed by atoms with Gasteiger partial charge in [0.1, 0.15) is 11.6 Å². The number of ether oxygens (including phenoxy) is 1. The molecule has 0 atom stereocenters. The molecule has 6 nitrogen and oxygen atoms in total. The summed E-state index contributed by atoms with van der Waals surface area (Å²) in [6.07, 6.45) is 0. The molecule has 0 aliphatic heterocycles. The second-order valence-electron chi connectivity index (χ2n) is 7.66. The number of benzene rings is 3. The van der Waals surface area contributed by atoms with Crippen LogP contribution in [0.5, 0.6) is 5.75 Å². The zero-order valence-electron chi connectivity index (χ0n) is 18.8. The fourth-order valence-corrected chi connectivity index (χ4v) is 4.44. The Bertz CT molecular complexity index is 1480. The minimum atomic E-state index is -0.934. The number of hydrogen-bond donors (Lipinski definition) is 0. The highest BCUT2D eigenvalue weighted by Gasteiger charge is 2.19. The third kappa shape index (κ3) is 5.17. The maximum Gasteiger partial charge on any atom is 0.266 e. The van der Waals surface area contributed by atoms with E-state index in [1.807, 2.05) is 0 Å². The topological polar surface area (TPSA) is 64.4 Å². The second-order valence-corrected chi connectivity index (χ2v) is 8.60. The largest absolute Gasteiger partial charge is 0.494 e. The van der Waals surface area contributed by atoms with Crippen molar-refractivity contribution in [1.82, 2.24) is 14.5 Å². The molecule has 35 heavy (non-hydrogen) atoms. The van der Waals surface area contributed by atoms with Crippen molar-refractivity contribution >= 4 is 28.6 Å². The molecule has 1 heterocycles. The van der Waals surface area contributed by atoms with Gasteiger partial charge in [-0.25, -0.2) is 18.2 Å². The summed E-state index contributed by atoms with van der Waals surface area (Å²) < 4.78 is 48.0. The van der Waals surface area contributed by atoms with E-state index < -0.39 is 23.0 Å². The van der Waals surface area contributed by atoms with Crippen molar-refractivity contribution in [2.45, 2.75) is 11.7 Å². The van der Waals surface area contributed by atoms with Crippen molar-refractivity contribution in [2.75, 3.05) is 19.9 Å². The Hall–Kier alpha value is -3.79. The van der Waals surface area contributed by atoms with Crippen molar-refractivity contribution in [3.8, 4) is 11.4 Å². The van der Waals surface area contributed by atoms with Gasteiger partial charge in [-0.05, 0) is 42.0 Å². The first-order valence-corrected chi connectivity index (χ1v) is 11.4. The summed E-state index contributed by atoms with van der Waals surface area (Å²) in [5, 5.41) is 0.335. The Labute approximate surface area is 203 Å². The van der Waals surface area contributed by atoms with Gasteiger partial charge in [-0.3, -0.25) is 14.2 Å². The zero-order valence-corrected chi connectivity index (χ0v) is 19.6. The van der Waals surface area contributed by atoms with Crippen molar-refractivity contribution < 1.29 is 22.7 Å². The molecule has 180 valence electrons.